The van der Waals surface area contributed by atoms with Crippen LogP contribution < -0.4 is 0 Å². The molecule has 10 heteroatoms. The van der Waals surface area contributed by atoms with Gasteiger partial charge in [0.15, 0.2) is 5.82 Å². The summed E-state index contributed by atoms with van der Waals surface area (Å²) < 4.78 is 20.6. The van der Waals surface area contributed by atoms with Crippen molar-refractivity contribution < 1.29 is 13.7 Å². The Morgan fingerprint density at radius 1 is 1.29 bits per heavy atom. The molecule has 0 bridgehead atoms. The van der Waals surface area contributed by atoms with Gasteiger partial charge in [0, 0.05) is 24.6 Å². The van der Waals surface area contributed by atoms with Crippen molar-refractivity contribution >= 4 is 17.5 Å². The molecule has 3 aromatic rings. The van der Waals surface area contributed by atoms with Gasteiger partial charge in [-0.3, -0.25) is 4.79 Å². The largest absolute Gasteiger partial charge is 0.339 e. The molecule has 3 heterocycles. The Morgan fingerprint density at radius 3 is 2.86 bits per heavy atom. The molecule has 2 aromatic heterocycles. The van der Waals surface area contributed by atoms with Gasteiger partial charge in [-0.15, -0.1) is 10.2 Å². The highest BCUT2D eigenvalue weighted by molar-refractivity contribution is 6.31. The Morgan fingerprint density at radius 2 is 2.11 bits per heavy atom. The summed E-state index contributed by atoms with van der Waals surface area (Å²) in [6, 6.07) is 3.65. The molecule has 5 rings (SSSR count). The molecule has 0 spiro atoms. The molecule has 0 saturated heterocycles. The zero-order valence-electron chi connectivity index (χ0n) is 15.0. The highest BCUT2D eigenvalue weighted by Crippen LogP contribution is 2.39. The van der Waals surface area contributed by atoms with Crippen molar-refractivity contribution in [2.75, 3.05) is 6.54 Å². The van der Waals surface area contributed by atoms with Crippen molar-refractivity contribution in [1.82, 2.24) is 29.8 Å². The maximum atomic E-state index is 13.4. The van der Waals surface area contributed by atoms with Crippen LogP contribution in [-0.4, -0.2) is 42.3 Å². The number of carbonyl (C=O) groups excluding carboxylic acids is 1. The lowest BCUT2D eigenvalue weighted by Gasteiger charge is -2.33. The number of amides is 1. The molecule has 1 aromatic carbocycles. The maximum Gasteiger partial charge on any atom is 0.254 e. The maximum absolute atomic E-state index is 13.4. The van der Waals surface area contributed by atoms with Gasteiger partial charge in [-0.1, -0.05) is 16.8 Å². The lowest BCUT2D eigenvalue weighted by atomic mass is 10.1. The van der Waals surface area contributed by atoms with E-state index >= 15 is 0 Å². The Hall–Kier alpha value is -2.81. The molecule has 1 amide bonds. The standard InChI is InChI=1S/C18H16ClFN6O2/c1-9-15-22-23-16(14-21-17(28-24-14)10-2-3-10)26(15)7-6-25(9)18(27)11-4-5-13(20)12(19)8-11/h4-5,8-10H,2-3,6-7H2,1H3/t9-/m1/s1. The van der Waals surface area contributed by atoms with Gasteiger partial charge < -0.3 is 14.0 Å². The first-order valence-electron chi connectivity index (χ1n) is 9.06. The van der Waals surface area contributed by atoms with E-state index in [0.29, 0.717) is 47.9 Å². The minimum atomic E-state index is -0.556. The van der Waals surface area contributed by atoms with Gasteiger partial charge in [-0.2, -0.15) is 4.98 Å². The van der Waals surface area contributed by atoms with E-state index in [0.717, 1.165) is 12.8 Å². The van der Waals surface area contributed by atoms with Gasteiger partial charge in [0.05, 0.1) is 11.1 Å². The van der Waals surface area contributed by atoms with E-state index in [1.807, 2.05) is 11.5 Å². The Kier molecular flexibility index (Phi) is 3.94. The number of halogens is 2. The van der Waals surface area contributed by atoms with Gasteiger partial charge in [0.25, 0.3) is 5.91 Å². The summed E-state index contributed by atoms with van der Waals surface area (Å²) in [5.41, 5.74) is 0.332. The number of hydrogen-bond acceptors (Lipinski definition) is 6. The SMILES string of the molecule is C[C@@H]1c2nnc(-c3noc(C4CC4)n3)n2CCN1C(=O)c1ccc(F)c(Cl)c1. The monoisotopic (exact) mass is 402 g/mol. The van der Waals surface area contributed by atoms with Crippen LogP contribution in [0.15, 0.2) is 22.7 Å². The Balaban J connectivity index is 1.42. The summed E-state index contributed by atoms with van der Waals surface area (Å²) >= 11 is 5.82. The second-order valence-corrected chi connectivity index (χ2v) is 7.47. The first-order valence-corrected chi connectivity index (χ1v) is 9.44. The fourth-order valence-electron chi connectivity index (χ4n) is 3.45. The van der Waals surface area contributed by atoms with Crippen LogP contribution in [0.3, 0.4) is 0 Å². The molecule has 0 unspecified atom stereocenters. The van der Waals surface area contributed by atoms with E-state index in [1.54, 1.807) is 4.90 Å². The molecule has 1 fully saturated rings. The molecule has 144 valence electrons. The minimum Gasteiger partial charge on any atom is -0.339 e. The van der Waals surface area contributed by atoms with Crippen LogP contribution in [0.1, 0.15) is 53.8 Å². The highest BCUT2D eigenvalue weighted by Gasteiger charge is 2.34. The third-order valence-corrected chi connectivity index (χ3v) is 5.47. The minimum absolute atomic E-state index is 0.0791. The summed E-state index contributed by atoms with van der Waals surface area (Å²) in [6.45, 7) is 2.81. The number of hydrogen-bond donors (Lipinski definition) is 0. The van der Waals surface area contributed by atoms with Gasteiger partial charge in [-0.05, 0) is 38.0 Å². The van der Waals surface area contributed by atoms with Gasteiger partial charge in [0.2, 0.25) is 17.5 Å². The van der Waals surface area contributed by atoms with Gasteiger partial charge >= 0.3 is 0 Å². The number of benzene rings is 1. The average molecular weight is 403 g/mol. The predicted molar refractivity (Wildman–Crippen MR) is 96.2 cm³/mol. The molecule has 8 nitrogen and oxygen atoms in total. The third-order valence-electron chi connectivity index (χ3n) is 5.18. The van der Waals surface area contributed by atoms with E-state index in [9.17, 15) is 9.18 Å². The molecule has 0 N–H and O–H groups in total. The molecule has 0 radical (unpaired) electrons. The second-order valence-electron chi connectivity index (χ2n) is 7.07. The first-order chi connectivity index (χ1) is 13.5. The molecule has 1 atom stereocenters. The number of nitrogens with zero attached hydrogens (tertiary/aromatic N) is 6. The summed E-state index contributed by atoms with van der Waals surface area (Å²) in [4.78, 5) is 19.0. The number of fused-ring (bicyclic) bond motifs is 1. The van der Waals surface area contributed by atoms with E-state index in [4.69, 9.17) is 16.1 Å². The Bertz CT molecular complexity index is 1080. The number of aromatic nitrogens is 5. The predicted octanol–water partition coefficient (Wildman–Crippen LogP) is 3.22. The molecular weight excluding hydrogens is 387 g/mol. The number of rotatable bonds is 3. The second kappa shape index (κ2) is 6.37. The summed E-state index contributed by atoms with van der Waals surface area (Å²) in [6.07, 6.45) is 2.14. The van der Waals surface area contributed by atoms with Gasteiger partial charge in [-0.25, -0.2) is 4.39 Å². The third kappa shape index (κ3) is 2.77. The molecular formula is C18H16ClFN6O2. The number of carbonyl (C=O) groups is 1. The average Bonchev–Trinajstić information content (AvgIpc) is 3.25. The van der Waals surface area contributed by atoms with Crippen molar-refractivity contribution in [3.63, 3.8) is 0 Å². The fraction of sp³-hybridized carbons (Fsp3) is 0.389. The fourth-order valence-corrected chi connectivity index (χ4v) is 3.63. The zero-order chi connectivity index (χ0) is 19.4. The van der Waals surface area contributed by atoms with Crippen LogP contribution in [0.2, 0.25) is 5.02 Å². The lowest BCUT2D eigenvalue weighted by molar-refractivity contribution is 0.0638. The summed E-state index contributed by atoms with van der Waals surface area (Å²) in [5, 5.41) is 12.4. The van der Waals surface area contributed by atoms with Crippen molar-refractivity contribution in [1.29, 1.82) is 0 Å². The van der Waals surface area contributed by atoms with Crippen molar-refractivity contribution in [3.8, 4) is 11.6 Å². The van der Waals surface area contributed by atoms with Crippen LogP contribution in [0.25, 0.3) is 11.6 Å². The van der Waals surface area contributed by atoms with Crippen LogP contribution in [0, 0.1) is 5.82 Å². The summed E-state index contributed by atoms with van der Waals surface area (Å²) in [5.74, 6) is 1.80. The molecule has 2 aliphatic rings. The quantitative estimate of drug-likeness (QED) is 0.668. The topological polar surface area (TPSA) is 89.9 Å². The van der Waals surface area contributed by atoms with E-state index in [2.05, 4.69) is 20.3 Å². The highest BCUT2D eigenvalue weighted by atomic mass is 35.5. The molecule has 1 aliphatic carbocycles. The van der Waals surface area contributed by atoms with Crippen molar-refractivity contribution in [3.05, 3.63) is 46.3 Å². The lowest BCUT2D eigenvalue weighted by Crippen LogP contribution is -2.41. The molecule has 28 heavy (non-hydrogen) atoms. The van der Waals surface area contributed by atoms with Crippen LogP contribution in [0.4, 0.5) is 4.39 Å². The first kappa shape index (κ1) is 17.3. The van der Waals surface area contributed by atoms with Crippen molar-refractivity contribution in [2.45, 2.75) is 38.3 Å². The molecule has 1 saturated carbocycles. The Labute approximate surface area is 164 Å². The van der Waals surface area contributed by atoms with Crippen molar-refractivity contribution in [2.24, 2.45) is 0 Å². The van der Waals surface area contributed by atoms with Crippen LogP contribution in [-0.2, 0) is 6.54 Å². The van der Waals surface area contributed by atoms with E-state index in [-0.39, 0.29) is 17.0 Å². The smallest absolute Gasteiger partial charge is 0.254 e. The molecule has 1 aliphatic heterocycles. The van der Waals surface area contributed by atoms with E-state index in [1.165, 1.54) is 18.2 Å². The van der Waals surface area contributed by atoms with Gasteiger partial charge in [0.1, 0.15) is 5.82 Å². The summed E-state index contributed by atoms with van der Waals surface area (Å²) in [7, 11) is 0. The zero-order valence-corrected chi connectivity index (χ0v) is 15.7. The van der Waals surface area contributed by atoms with E-state index < -0.39 is 5.82 Å². The van der Waals surface area contributed by atoms with Crippen LogP contribution >= 0.6 is 11.6 Å². The van der Waals surface area contributed by atoms with Crippen LogP contribution in [0.5, 0.6) is 0 Å². The normalized spacial score (nSPS) is 19.0.